The summed E-state index contributed by atoms with van der Waals surface area (Å²) in [5.41, 5.74) is 9.07. The highest BCUT2D eigenvalue weighted by atomic mass is 16.5. The van der Waals surface area contributed by atoms with Crippen LogP contribution in [0.25, 0.3) is 0 Å². The molecule has 110 valence electrons. The van der Waals surface area contributed by atoms with Gasteiger partial charge in [-0.2, -0.15) is 4.98 Å². The molecule has 0 saturated heterocycles. The van der Waals surface area contributed by atoms with Gasteiger partial charge in [0.2, 0.25) is 5.89 Å². The Labute approximate surface area is 124 Å². The number of nitrogens with two attached hydrogens (primary N) is 1. The Kier molecular flexibility index (Phi) is 2.89. The van der Waals surface area contributed by atoms with Crippen LogP contribution in [0.4, 0.5) is 0 Å². The molecule has 0 spiro atoms. The van der Waals surface area contributed by atoms with E-state index in [1.54, 1.807) is 0 Å². The molecule has 2 aromatic rings. The van der Waals surface area contributed by atoms with Crippen molar-refractivity contribution in [2.24, 2.45) is 17.6 Å². The molecule has 0 aliphatic heterocycles. The van der Waals surface area contributed by atoms with E-state index in [0.29, 0.717) is 29.5 Å². The predicted molar refractivity (Wildman–Crippen MR) is 79.8 cm³/mol. The van der Waals surface area contributed by atoms with Crippen molar-refractivity contribution < 1.29 is 4.52 Å². The third kappa shape index (κ3) is 2.01. The Balaban J connectivity index is 1.60. The van der Waals surface area contributed by atoms with Gasteiger partial charge in [0.05, 0.1) is 6.04 Å². The van der Waals surface area contributed by atoms with Gasteiger partial charge in [-0.25, -0.2) is 0 Å². The van der Waals surface area contributed by atoms with Crippen LogP contribution in [-0.2, 0) is 6.42 Å². The molecule has 4 heteroatoms. The van der Waals surface area contributed by atoms with Crippen LogP contribution in [0.15, 0.2) is 28.8 Å². The number of fused-ring (bicyclic) bond motifs is 3. The second-order valence-corrected chi connectivity index (χ2v) is 6.71. The summed E-state index contributed by atoms with van der Waals surface area (Å²) in [6.07, 6.45) is 2.39. The van der Waals surface area contributed by atoms with E-state index in [4.69, 9.17) is 10.3 Å². The van der Waals surface area contributed by atoms with Crippen molar-refractivity contribution in [1.29, 1.82) is 0 Å². The lowest BCUT2D eigenvalue weighted by atomic mass is 9.92. The average molecular weight is 283 g/mol. The summed E-state index contributed by atoms with van der Waals surface area (Å²) >= 11 is 0. The van der Waals surface area contributed by atoms with Gasteiger partial charge < -0.3 is 10.3 Å². The second-order valence-electron chi connectivity index (χ2n) is 6.71. The SMILES string of the molecule is CC(C)C(N)c1noc(C2C3CCc4ccccc4C32)n1. The van der Waals surface area contributed by atoms with Crippen LogP contribution in [-0.4, -0.2) is 10.1 Å². The first-order chi connectivity index (χ1) is 10.2. The quantitative estimate of drug-likeness (QED) is 0.939. The Bertz CT molecular complexity index is 664. The van der Waals surface area contributed by atoms with Gasteiger partial charge in [0.1, 0.15) is 0 Å². The van der Waals surface area contributed by atoms with Gasteiger partial charge in [0.25, 0.3) is 0 Å². The lowest BCUT2D eigenvalue weighted by Crippen LogP contribution is -2.18. The highest BCUT2D eigenvalue weighted by Gasteiger charge is 2.56. The number of aryl methyl sites for hydroxylation is 1. The summed E-state index contributed by atoms with van der Waals surface area (Å²) in [6.45, 7) is 4.15. The van der Waals surface area contributed by atoms with Crippen LogP contribution in [0.1, 0.15) is 61.0 Å². The maximum atomic E-state index is 6.11. The van der Waals surface area contributed by atoms with Crippen molar-refractivity contribution in [3.8, 4) is 0 Å². The standard InChI is InChI=1S/C17H21N3O/c1-9(2)15(18)16-19-17(21-20-16)14-12-8-7-10-5-3-4-6-11(10)13(12)14/h3-6,9,12-15H,7-8,18H2,1-2H3. The molecule has 21 heavy (non-hydrogen) atoms. The topological polar surface area (TPSA) is 64.9 Å². The van der Waals surface area contributed by atoms with Crippen molar-refractivity contribution in [2.45, 2.75) is 44.6 Å². The third-order valence-electron chi connectivity index (χ3n) is 5.09. The lowest BCUT2D eigenvalue weighted by Gasteiger charge is -2.13. The van der Waals surface area contributed by atoms with Crippen LogP contribution in [0, 0.1) is 11.8 Å². The molecule has 2 aliphatic carbocycles. The van der Waals surface area contributed by atoms with Crippen LogP contribution in [0.3, 0.4) is 0 Å². The Morgan fingerprint density at radius 3 is 2.86 bits per heavy atom. The van der Waals surface area contributed by atoms with Crippen LogP contribution in [0.2, 0.25) is 0 Å². The number of hydrogen-bond donors (Lipinski definition) is 1. The number of hydrogen-bond acceptors (Lipinski definition) is 4. The van der Waals surface area contributed by atoms with E-state index in [1.807, 2.05) is 0 Å². The third-order valence-corrected chi connectivity index (χ3v) is 5.09. The maximum absolute atomic E-state index is 6.11. The molecule has 2 aliphatic rings. The van der Waals surface area contributed by atoms with Crippen molar-refractivity contribution in [1.82, 2.24) is 10.1 Å². The van der Waals surface area contributed by atoms with Crippen LogP contribution < -0.4 is 5.73 Å². The van der Waals surface area contributed by atoms with E-state index in [9.17, 15) is 0 Å². The van der Waals surface area contributed by atoms with E-state index >= 15 is 0 Å². The zero-order chi connectivity index (χ0) is 14.6. The molecule has 4 rings (SSSR count). The van der Waals surface area contributed by atoms with Crippen molar-refractivity contribution in [3.05, 3.63) is 47.1 Å². The van der Waals surface area contributed by atoms with Gasteiger partial charge in [-0.15, -0.1) is 0 Å². The molecule has 0 radical (unpaired) electrons. The molecule has 1 heterocycles. The molecule has 1 aromatic carbocycles. The molecule has 4 atom stereocenters. The van der Waals surface area contributed by atoms with Crippen molar-refractivity contribution >= 4 is 0 Å². The van der Waals surface area contributed by atoms with Gasteiger partial charge in [0, 0.05) is 5.92 Å². The first-order valence-electron chi connectivity index (χ1n) is 7.83. The van der Waals surface area contributed by atoms with E-state index in [0.717, 1.165) is 5.89 Å². The van der Waals surface area contributed by atoms with E-state index < -0.39 is 0 Å². The molecule has 2 N–H and O–H groups in total. The Morgan fingerprint density at radius 1 is 1.24 bits per heavy atom. The summed E-state index contributed by atoms with van der Waals surface area (Å²) in [4.78, 5) is 4.59. The van der Waals surface area contributed by atoms with Gasteiger partial charge in [0.15, 0.2) is 5.82 Å². The molecule has 1 fully saturated rings. The summed E-state index contributed by atoms with van der Waals surface area (Å²) in [5.74, 6) is 3.39. The van der Waals surface area contributed by atoms with Crippen LogP contribution >= 0.6 is 0 Å². The lowest BCUT2D eigenvalue weighted by molar-refractivity contribution is 0.359. The molecular weight excluding hydrogens is 262 g/mol. The fourth-order valence-corrected chi connectivity index (χ4v) is 3.72. The fourth-order valence-electron chi connectivity index (χ4n) is 3.72. The Morgan fingerprint density at radius 2 is 2.05 bits per heavy atom. The van der Waals surface area contributed by atoms with Gasteiger partial charge in [-0.05, 0) is 41.7 Å². The molecule has 0 amide bonds. The smallest absolute Gasteiger partial charge is 0.230 e. The van der Waals surface area contributed by atoms with E-state index in [1.165, 1.54) is 24.0 Å². The molecule has 1 aromatic heterocycles. The van der Waals surface area contributed by atoms with E-state index in [2.05, 4.69) is 48.3 Å². The minimum absolute atomic E-state index is 0.143. The first-order valence-corrected chi connectivity index (χ1v) is 7.83. The number of nitrogens with zero attached hydrogens (tertiary/aromatic N) is 2. The average Bonchev–Trinajstić information content (AvgIpc) is 3.05. The summed E-state index contributed by atoms with van der Waals surface area (Å²) in [5, 5.41) is 4.10. The van der Waals surface area contributed by atoms with Crippen LogP contribution in [0.5, 0.6) is 0 Å². The minimum Gasteiger partial charge on any atom is -0.339 e. The number of rotatable bonds is 3. The summed E-state index contributed by atoms with van der Waals surface area (Å²) in [6, 6.07) is 8.61. The van der Waals surface area contributed by atoms with Gasteiger partial charge >= 0.3 is 0 Å². The molecular formula is C17H21N3O. The molecule has 0 bridgehead atoms. The maximum Gasteiger partial charge on any atom is 0.230 e. The zero-order valence-electron chi connectivity index (χ0n) is 12.5. The fraction of sp³-hybridized carbons (Fsp3) is 0.529. The van der Waals surface area contributed by atoms with Gasteiger partial charge in [-0.1, -0.05) is 43.3 Å². The Hall–Kier alpha value is -1.68. The molecule has 4 nitrogen and oxygen atoms in total. The van der Waals surface area contributed by atoms with E-state index in [-0.39, 0.29) is 6.04 Å². The zero-order valence-corrected chi connectivity index (χ0v) is 12.5. The van der Waals surface area contributed by atoms with Gasteiger partial charge in [-0.3, -0.25) is 0 Å². The highest BCUT2D eigenvalue weighted by Crippen LogP contribution is 2.64. The second kappa shape index (κ2) is 4.67. The largest absolute Gasteiger partial charge is 0.339 e. The summed E-state index contributed by atoms with van der Waals surface area (Å²) < 4.78 is 5.53. The number of aromatic nitrogens is 2. The number of benzene rings is 1. The monoisotopic (exact) mass is 283 g/mol. The highest BCUT2D eigenvalue weighted by molar-refractivity contribution is 5.42. The van der Waals surface area contributed by atoms with Crippen molar-refractivity contribution in [3.63, 3.8) is 0 Å². The van der Waals surface area contributed by atoms with Crippen molar-refractivity contribution in [2.75, 3.05) is 0 Å². The molecule has 4 unspecified atom stereocenters. The minimum atomic E-state index is -0.143. The normalized spacial score (nSPS) is 28.1. The first kappa shape index (κ1) is 13.0. The molecule has 1 saturated carbocycles. The predicted octanol–water partition coefficient (Wildman–Crippen LogP) is 3.17. The summed E-state index contributed by atoms with van der Waals surface area (Å²) in [7, 11) is 0.